The van der Waals surface area contributed by atoms with Crippen molar-refractivity contribution in [3.05, 3.63) is 0 Å². The van der Waals surface area contributed by atoms with Crippen LogP contribution in [0.4, 0.5) is 0 Å². The predicted octanol–water partition coefficient (Wildman–Crippen LogP) is 4.04. The Morgan fingerprint density at radius 1 is 1.29 bits per heavy atom. The monoisotopic (exact) mass is 240 g/mol. The van der Waals surface area contributed by atoms with Gasteiger partial charge in [-0.05, 0) is 37.0 Å². The molecular formula is C15H28O2. The van der Waals surface area contributed by atoms with E-state index in [0.29, 0.717) is 17.8 Å². The molecule has 100 valence electrons. The van der Waals surface area contributed by atoms with Crippen LogP contribution in [0, 0.1) is 23.7 Å². The van der Waals surface area contributed by atoms with Crippen molar-refractivity contribution < 1.29 is 9.53 Å². The van der Waals surface area contributed by atoms with Crippen LogP contribution in [0.2, 0.25) is 0 Å². The van der Waals surface area contributed by atoms with Gasteiger partial charge in [0.2, 0.25) is 0 Å². The molecule has 0 unspecified atom stereocenters. The van der Waals surface area contributed by atoms with E-state index in [1.54, 1.807) is 0 Å². The van der Waals surface area contributed by atoms with Crippen molar-refractivity contribution in [1.82, 2.24) is 0 Å². The Kier molecular flexibility index (Phi) is 5.48. The van der Waals surface area contributed by atoms with Gasteiger partial charge in [0.05, 0.1) is 5.92 Å². The molecule has 0 radical (unpaired) electrons. The van der Waals surface area contributed by atoms with Crippen molar-refractivity contribution in [2.24, 2.45) is 23.7 Å². The van der Waals surface area contributed by atoms with Crippen LogP contribution in [0.5, 0.6) is 0 Å². The lowest BCUT2D eigenvalue weighted by atomic mass is 9.75. The van der Waals surface area contributed by atoms with Crippen LogP contribution in [-0.2, 0) is 9.53 Å². The molecule has 0 bridgehead atoms. The molecule has 2 heteroatoms. The van der Waals surface area contributed by atoms with Gasteiger partial charge in [0, 0.05) is 0 Å². The van der Waals surface area contributed by atoms with Gasteiger partial charge in [0.25, 0.3) is 0 Å². The number of hydrogen-bond acceptors (Lipinski definition) is 2. The maximum absolute atomic E-state index is 11.9. The van der Waals surface area contributed by atoms with E-state index < -0.39 is 0 Å². The van der Waals surface area contributed by atoms with E-state index in [1.807, 2.05) is 13.8 Å². The second-order valence-corrected chi connectivity index (χ2v) is 6.11. The summed E-state index contributed by atoms with van der Waals surface area (Å²) < 4.78 is 5.75. The predicted molar refractivity (Wildman–Crippen MR) is 70.7 cm³/mol. The van der Waals surface area contributed by atoms with Gasteiger partial charge in [-0.15, -0.1) is 0 Å². The zero-order valence-electron chi connectivity index (χ0n) is 12.0. The number of carbonyl (C=O) groups is 1. The summed E-state index contributed by atoms with van der Waals surface area (Å²) >= 11 is 0. The highest BCUT2D eigenvalue weighted by Crippen LogP contribution is 2.35. The third-order valence-electron chi connectivity index (χ3n) is 4.24. The topological polar surface area (TPSA) is 26.3 Å². The Bertz CT molecular complexity index is 247. The van der Waals surface area contributed by atoms with E-state index in [4.69, 9.17) is 4.74 Å². The highest BCUT2D eigenvalue weighted by molar-refractivity contribution is 5.72. The van der Waals surface area contributed by atoms with Gasteiger partial charge in [0.1, 0.15) is 6.10 Å². The van der Waals surface area contributed by atoms with Gasteiger partial charge in [-0.2, -0.15) is 0 Å². The van der Waals surface area contributed by atoms with Crippen LogP contribution in [0.15, 0.2) is 0 Å². The molecule has 0 saturated heterocycles. The summed E-state index contributed by atoms with van der Waals surface area (Å²) in [5, 5.41) is 0. The molecule has 1 saturated carbocycles. The number of hydrogen-bond donors (Lipinski definition) is 0. The number of carbonyl (C=O) groups excluding carboxylic acids is 1. The summed E-state index contributed by atoms with van der Waals surface area (Å²) in [7, 11) is 0. The third-order valence-corrected chi connectivity index (χ3v) is 4.24. The summed E-state index contributed by atoms with van der Waals surface area (Å²) in [5.74, 6) is 1.90. The highest BCUT2D eigenvalue weighted by Gasteiger charge is 2.33. The summed E-state index contributed by atoms with van der Waals surface area (Å²) in [6.07, 6.45) is 4.55. The second kappa shape index (κ2) is 6.42. The van der Waals surface area contributed by atoms with Gasteiger partial charge in [0.15, 0.2) is 0 Å². The van der Waals surface area contributed by atoms with Crippen LogP contribution < -0.4 is 0 Å². The van der Waals surface area contributed by atoms with Crippen LogP contribution in [0.1, 0.15) is 60.3 Å². The van der Waals surface area contributed by atoms with E-state index in [1.165, 1.54) is 12.8 Å². The summed E-state index contributed by atoms with van der Waals surface area (Å²) in [5.41, 5.74) is 0. The summed E-state index contributed by atoms with van der Waals surface area (Å²) in [6, 6.07) is 0. The first-order chi connectivity index (χ1) is 7.95. The fourth-order valence-corrected chi connectivity index (χ4v) is 2.68. The minimum absolute atomic E-state index is 0.00255. The lowest BCUT2D eigenvalue weighted by Crippen LogP contribution is -2.37. The first-order valence-electron chi connectivity index (χ1n) is 7.16. The molecule has 17 heavy (non-hydrogen) atoms. The molecule has 0 N–H and O–H groups in total. The van der Waals surface area contributed by atoms with Crippen LogP contribution in [-0.4, -0.2) is 12.1 Å². The highest BCUT2D eigenvalue weighted by atomic mass is 16.5. The van der Waals surface area contributed by atoms with Gasteiger partial charge in [-0.3, -0.25) is 4.79 Å². The first-order valence-corrected chi connectivity index (χ1v) is 7.16. The molecule has 1 aliphatic carbocycles. The first kappa shape index (κ1) is 14.5. The summed E-state index contributed by atoms with van der Waals surface area (Å²) in [6.45, 7) is 10.7. The molecule has 0 aromatic rings. The number of ether oxygens (including phenoxy) is 1. The Labute approximate surface area is 106 Å². The molecule has 4 atom stereocenters. The van der Waals surface area contributed by atoms with Crippen LogP contribution >= 0.6 is 0 Å². The van der Waals surface area contributed by atoms with Crippen molar-refractivity contribution >= 4 is 5.97 Å². The molecule has 1 aliphatic rings. The zero-order chi connectivity index (χ0) is 13.0. The summed E-state index contributed by atoms with van der Waals surface area (Å²) in [4.78, 5) is 11.9. The Morgan fingerprint density at radius 2 is 1.94 bits per heavy atom. The lowest BCUT2D eigenvalue weighted by molar-refractivity contribution is -0.160. The average Bonchev–Trinajstić information content (AvgIpc) is 2.27. The SMILES string of the molecule is CC[C@H](C)C(=O)O[C@@H]1C[C@@H](C)CC[C@H]1C(C)C. The normalized spacial score (nSPS) is 31.3. The standard InChI is InChI=1S/C15H28O2/c1-6-12(5)15(16)17-14-9-11(4)7-8-13(14)10(2)3/h10-14H,6-9H2,1-5H3/t11-,12-,13-,14+/m0/s1. The molecule has 1 fully saturated rings. The maximum atomic E-state index is 11.9. The van der Waals surface area contributed by atoms with E-state index in [-0.39, 0.29) is 18.0 Å². The Hall–Kier alpha value is -0.530. The Balaban J connectivity index is 2.60. The largest absolute Gasteiger partial charge is 0.462 e. The molecule has 0 amide bonds. The van der Waals surface area contributed by atoms with E-state index in [0.717, 1.165) is 12.8 Å². The Morgan fingerprint density at radius 3 is 2.47 bits per heavy atom. The molecular weight excluding hydrogens is 212 g/mol. The van der Waals surface area contributed by atoms with Crippen molar-refractivity contribution in [1.29, 1.82) is 0 Å². The van der Waals surface area contributed by atoms with Crippen molar-refractivity contribution in [3.63, 3.8) is 0 Å². The smallest absolute Gasteiger partial charge is 0.308 e. The molecule has 0 aromatic heterocycles. The fourth-order valence-electron chi connectivity index (χ4n) is 2.68. The maximum Gasteiger partial charge on any atom is 0.308 e. The quantitative estimate of drug-likeness (QED) is 0.693. The molecule has 0 aliphatic heterocycles. The lowest BCUT2D eigenvalue weighted by Gasteiger charge is -2.37. The van der Waals surface area contributed by atoms with Crippen molar-refractivity contribution in [2.75, 3.05) is 0 Å². The second-order valence-electron chi connectivity index (χ2n) is 6.11. The molecule has 2 nitrogen and oxygen atoms in total. The van der Waals surface area contributed by atoms with Gasteiger partial charge in [-0.1, -0.05) is 41.0 Å². The minimum atomic E-state index is -0.00255. The molecule has 0 aromatic carbocycles. The molecule has 1 rings (SSSR count). The number of esters is 1. The average molecular weight is 240 g/mol. The van der Waals surface area contributed by atoms with E-state index in [9.17, 15) is 4.79 Å². The van der Waals surface area contributed by atoms with E-state index >= 15 is 0 Å². The van der Waals surface area contributed by atoms with Gasteiger partial charge in [-0.25, -0.2) is 0 Å². The van der Waals surface area contributed by atoms with Crippen molar-refractivity contribution in [3.8, 4) is 0 Å². The molecule has 0 spiro atoms. The third kappa shape index (κ3) is 4.01. The minimum Gasteiger partial charge on any atom is -0.462 e. The van der Waals surface area contributed by atoms with Gasteiger partial charge < -0.3 is 4.74 Å². The molecule has 0 heterocycles. The number of rotatable bonds is 4. The zero-order valence-corrected chi connectivity index (χ0v) is 12.0. The van der Waals surface area contributed by atoms with E-state index in [2.05, 4.69) is 20.8 Å². The van der Waals surface area contributed by atoms with Crippen LogP contribution in [0.3, 0.4) is 0 Å². The van der Waals surface area contributed by atoms with Gasteiger partial charge >= 0.3 is 5.97 Å². The van der Waals surface area contributed by atoms with Crippen molar-refractivity contribution in [2.45, 2.75) is 66.4 Å². The van der Waals surface area contributed by atoms with Crippen LogP contribution in [0.25, 0.3) is 0 Å². The fraction of sp³-hybridized carbons (Fsp3) is 0.933.